The molecule has 0 saturated carbocycles. The number of allylic oxidation sites excluding steroid dienone is 1. The van der Waals surface area contributed by atoms with E-state index in [0.717, 1.165) is 16.3 Å². The lowest BCUT2D eigenvalue weighted by Gasteiger charge is -2.14. The van der Waals surface area contributed by atoms with E-state index < -0.39 is 24.4 Å². The lowest BCUT2D eigenvalue weighted by atomic mass is 10.1. The summed E-state index contributed by atoms with van der Waals surface area (Å²) < 4.78 is 7.16. The number of benzene rings is 2. The maximum Gasteiger partial charge on any atom is 0.338 e. The molecule has 0 atom stereocenters. The highest BCUT2D eigenvalue weighted by molar-refractivity contribution is 6.34. The van der Waals surface area contributed by atoms with Crippen molar-refractivity contribution in [3.8, 4) is 0 Å². The van der Waals surface area contributed by atoms with Gasteiger partial charge < -0.3 is 9.30 Å². The number of carbonyl (C=O) groups is 4. The van der Waals surface area contributed by atoms with Gasteiger partial charge in [0.25, 0.3) is 11.8 Å². The summed E-state index contributed by atoms with van der Waals surface area (Å²) in [5, 5.41) is 0. The number of Topliss-reactive ketones (excluding diaryl/α,β-unsaturated/α-hetero) is 1. The fourth-order valence-electron chi connectivity index (χ4n) is 3.96. The SMILES string of the molecule is C=CCn1c(C)cc(C(=O)COC(=O)c2ccc(N3C(=O)c4ccccc4C3=O)cc2)c1C. The molecule has 7 nitrogen and oxygen atoms in total. The zero-order valence-corrected chi connectivity index (χ0v) is 18.3. The largest absolute Gasteiger partial charge is 0.454 e. The van der Waals surface area contributed by atoms with Crippen molar-refractivity contribution in [2.75, 3.05) is 11.5 Å². The topological polar surface area (TPSA) is 85.7 Å². The van der Waals surface area contributed by atoms with E-state index in [4.69, 9.17) is 4.74 Å². The van der Waals surface area contributed by atoms with Gasteiger partial charge in [0, 0.05) is 23.5 Å². The van der Waals surface area contributed by atoms with Gasteiger partial charge >= 0.3 is 5.97 Å². The predicted octanol–water partition coefficient (Wildman–Crippen LogP) is 4.13. The summed E-state index contributed by atoms with van der Waals surface area (Å²) in [6.45, 7) is 7.65. The maximum atomic E-state index is 12.6. The molecular formula is C26H22N2O5. The molecule has 0 aliphatic carbocycles. The average molecular weight is 442 g/mol. The summed E-state index contributed by atoms with van der Waals surface area (Å²) in [7, 11) is 0. The number of ketones is 1. The minimum atomic E-state index is -0.669. The second kappa shape index (κ2) is 8.70. The van der Waals surface area contributed by atoms with Crippen LogP contribution in [0.4, 0.5) is 5.69 Å². The summed E-state index contributed by atoms with van der Waals surface area (Å²) in [6.07, 6.45) is 1.75. The number of hydrogen-bond donors (Lipinski definition) is 0. The minimum Gasteiger partial charge on any atom is -0.454 e. The van der Waals surface area contributed by atoms with E-state index in [-0.39, 0.29) is 11.3 Å². The normalized spacial score (nSPS) is 12.6. The van der Waals surface area contributed by atoms with Crippen LogP contribution in [0.25, 0.3) is 0 Å². The predicted molar refractivity (Wildman–Crippen MR) is 123 cm³/mol. The van der Waals surface area contributed by atoms with E-state index in [0.29, 0.717) is 28.9 Å². The summed E-state index contributed by atoms with van der Waals surface area (Å²) in [5.41, 5.74) is 3.46. The highest BCUT2D eigenvalue weighted by atomic mass is 16.5. The molecule has 166 valence electrons. The Morgan fingerprint density at radius 1 is 0.970 bits per heavy atom. The number of aromatic nitrogens is 1. The summed E-state index contributed by atoms with van der Waals surface area (Å²) >= 11 is 0. The van der Waals surface area contributed by atoms with Gasteiger partial charge in [-0.05, 0) is 56.3 Å². The van der Waals surface area contributed by atoms with Crippen LogP contribution in [-0.2, 0) is 11.3 Å². The molecule has 1 aromatic heterocycles. The summed E-state index contributed by atoms with van der Waals surface area (Å²) in [5.74, 6) is -1.79. The van der Waals surface area contributed by atoms with Crippen molar-refractivity contribution in [2.24, 2.45) is 0 Å². The number of anilines is 1. The Labute approximate surface area is 190 Å². The second-order valence-corrected chi connectivity index (χ2v) is 7.72. The first-order valence-corrected chi connectivity index (χ1v) is 10.4. The van der Waals surface area contributed by atoms with Crippen molar-refractivity contribution in [3.05, 3.63) is 101 Å². The second-order valence-electron chi connectivity index (χ2n) is 7.72. The fraction of sp³-hybridized carbons (Fsp3) is 0.154. The van der Waals surface area contributed by atoms with Crippen LogP contribution in [0.2, 0.25) is 0 Å². The molecule has 0 radical (unpaired) electrons. The Morgan fingerprint density at radius 3 is 2.15 bits per heavy atom. The van der Waals surface area contributed by atoms with Gasteiger partial charge in [0.2, 0.25) is 5.78 Å². The van der Waals surface area contributed by atoms with Crippen molar-refractivity contribution < 1.29 is 23.9 Å². The van der Waals surface area contributed by atoms with Gasteiger partial charge in [0.05, 0.1) is 22.4 Å². The van der Waals surface area contributed by atoms with Crippen LogP contribution in [0.1, 0.15) is 52.8 Å². The van der Waals surface area contributed by atoms with Crippen LogP contribution in [0.3, 0.4) is 0 Å². The van der Waals surface area contributed by atoms with Crippen molar-refractivity contribution in [1.29, 1.82) is 0 Å². The molecular weight excluding hydrogens is 420 g/mol. The first kappa shape index (κ1) is 22.0. The molecule has 1 aliphatic rings. The number of imide groups is 1. The number of hydrogen-bond acceptors (Lipinski definition) is 5. The molecule has 0 bridgehead atoms. The third-order valence-corrected chi connectivity index (χ3v) is 5.68. The zero-order valence-electron chi connectivity index (χ0n) is 18.3. The number of aryl methyl sites for hydroxylation is 1. The lowest BCUT2D eigenvalue weighted by molar-refractivity contribution is 0.0474. The quantitative estimate of drug-likeness (QED) is 0.238. The molecule has 2 amide bonds. The number of nitrogens with zero attached hydrogens (tertiary/aromatic N) is 2. The first-order chi connectivity index (χ1) is 15.8. The fourth-order valence-corrected chi connectivity index (χ4v) is 3.96. The van der Waals surface area contributed by atoms with Gasteiger partial charge in [-0.1, -0.05) is 18.2 Å². The van der Waals surface area contributed by atoms with Gasteiger partial charge in [-0.2, -0.15) is 0 Å². The van der Waals surface area contributed by atoms with Crippen LogP contribution in [0.15, 0.2) is 67.3 Å². The summed E-state index contributed by atoms with van der Waals surface area (Å²) in [6, 6.07) is 14.3. The zero-order chi connectivity index (χ0) is 23.7. The van der Waals surface area contributed by atoms with Crippen molar-refractivity contribution in [3.63, 3.8) is 0 Å². The van der Waals surface area contributed by atoms with E-state index in [1.54, 1.807) is 36.4 Å². The number of fused-ring (bicyclic) bond motifs is 1. The van der Waals surface area contributed by atoms with Crippen LogP contribution >= 0.6 is 0 Å². The molecule has 0 unspecified atom stereocenters. The van der Waals surface area contributed by atoms with E-state index in [9.17, 15) is 19.2 Å². The Balaban J connectivity index is 1.43. The Bertz CT molecular complexity index is 1270. The maximum absolute atomic E-state index is 12.6. The Kier molecular flexibility index (Phi) is 5.79. The van der Waals surface area contributed by atoms with Gasteiger partial charge in [-0.3, -0.25) is 14.4 Å². The van der Waals surface area contributed by atoms with Crippen molar-refractivity contribution >= 4 is 29.3 Å². The number of ether oxygens (including phenoxy) is 1. The lowest BCUT2D eigenvalue weighted by Crippen LogP contribution is -2.29. The Morgan fingerprint density at radius 2 is 1.58 bits per heavy atom. The number of amides is 2. The van der Waals surface area contributed by atoms with Gasteiger partial charge in [0.1, 0.15) is 0 Å². The Hall–Kier alpha value is -4.26. The van der Waals surface area contributed by atoms with Crippen LogP contribution in [0, 0.1) is 13.8 Å². The van der Waals surface area contributed by atoms with E-state index >= 15 is 0 Å². The van der Waals surface area contributed by atoms with Gasteiger partial charge in [-0.25, -0.2) is 9.69 Å². The molecule has 0 saturated heterocycles. The molecule has 2 aromatic carbocycles. The van der Waals surface area contributed by atoms with Crippen LogP contribution in [0.5, 0.6) is 0 Å². The van der Waals surface area contributed by atoms with E-state index in [2.05, 4.69) is 6.58 Å². The van der Waals surface area contributed by atoms with Crippen molar-refractivity contribution in [2.45, 2.75) is 20.4 Å². The molecule has 4 rings (SSSR count). The molecule has 3 aromatic rings. The van der Waals surface area contributed by atoms with Crippen LogP contribution in [-0.4, -0.2) is 34.7 Å². The average Bonchev–Trinajstić information content (AvgIpc) is 3.25. The third kappa shape index (κ3) is 3.89. The number of esters is 1. The molecule has 0 fully saturated rings. The number of carbonyl (C=O) groups excluding carboxylic acids is 4. The highest BCUT2D eigenvalue weighted by Gasteiger charge is 2.36. The summed E-state index contributed by atoms with van der Waals surface area (Å²) in [4.78, 5) is 51.3. The standard InChI is InChI=1S/C26H22N2O5/c1-4-13-27-16(2)14-22(17(27)3)23(29)15-33-26(32)18-9-11-19(12-10-18)28-24(30)20-7-5-6-8-21(20)25(28)31/h4-12,14H,1,13,15H2,2-3H3. The van der Waals surface area contributed by atoms with Crippen molar-refractivity contribution in [1.82, 2.24) is 4.57 Å². The highest BCUT2D eigenvalue weighted by Crippen LogP contribution is 2.28. The van der Waals surface area contributed by atoms with E-state index in [1.165, 1.54) is 24.3 Å². The molecule has 1 aliphatic heterocycles. The molecule has 0 N–H and O–H groups in total. The molecule has 33 heavy (non-hydrogen) atoms. The van der Waals surface area contributed by atoms with Gasteiger partial charge in [0.15, 0.2) is 6.61 Å². The van der Waals surface area contributed by atoms with Gasteiger partial charge in [-0.15, -0.1) is 6.58 Å². The smallest absolute Gasteiger partial charge is 0.338 e. The van der Waals surface area contributed by atoms with E-state index in [1.807, 2.05) is 18.4 Å². The monoisotopic (exact) mass is 442 g/mol. The molecule has 2 heterocycles. The molecule has 0 spiro atoms. The molecule has 7 heteroatoms. The minimum absolute atomic E-state index is 0.209. The number of rotatable bonds is 7. The third-order valence-electron chi connectivity index (χ3n) is 5.68. The van der Waals surface area contributed by atoms with Crippen LogP contribution < -0.4 is 4.90 Å². The first-order valence-electron chi connectivity index (χ1n) is 10.4.